The van der Waals surface area contributed by atoms with Crippen LogP contribution < -0.4 is 0 Å². The van der Waals surface area contributed by atoms with Crippen LogP contribution in [0.1, 0.15) is 50.5 Å². The van der Waals surface area contributed by atoms with Gasteiger partial charge in [-0.25, -0.2) is 9.97 Å². The fourth-order valence-corrected chi connectivity index (χ4v) is 5.27. The summed E-state index contributed by atoms with van der Waals surface area (Å²) in [7, 11) is 0. The molecule has 1 saturated heterocycles. The summed E-state index contributed by atoms with van der Waals surface area (Å²) in [6, 6.07) is 4.23. The summed E-state index contributed by atoms with van der Waals surface area (Å²) >= 11 is 0. The normalized spacial score (nSPS) is 28.3. The van der Waals surface area contributed by atoms with Crippen LogP contribution in [0.3, 0.4) is 0 Å². The van der Waals surface area contributed by atoms with E-state index in [1.54, 1.807) is 0 Å². The summed E-state index contributed by atoms with van der Waals surface area (Å²) in [5.41, 5.74) is 2.55. The molecule has 0 aromatic carbocycles. The van der Waals surface area contributed by atoms with Gasteiger partial charge < -0.3 is 10.1 Å². The van der Waals surface area contributed by atoms with Crippen LogP contribution in [0.4, 0.5) is 0 Å². The second-order valence-electron chi connectivity index (χ2n) is 9.13. The van der Waals surface area contributed by atoms with Crippen molar-refractivity contribution in [2.45, 2.75) is 50.5 Å². The Kier molecular flexibility index (Phi) is 4.63. The van der Waals surface area contributed by atoms with Crippen LogP contribution in [0.25, 0.3) is 21.9 Å². The number of aliphatic hydroxyl groups is 1. The topological polar surface area (TPSA) is 82.1 Å². The number of ketones is 1. The van der Waals surface area contributed by atoms with Gasteiger partial charge in [0.15, 0.2) is 5.65 Å². The molecule has 1 atom stereocenters. The molecular weight excluding hydrogens is 364 g/mol. The number of nitrogens with zero attached hydrogens (tertiary/aromatic N) is 3. The van der Waals surface area contributed by atoms with Crippen LogP contribution in [-0.4, -0.2) is 56.0 Å². The predicted octanol–water partition coefficient (Wildman–Crippen LogP) is 3.41. The number of H-pyrrole nitrogens is 1. The van der Waals surface area contributed by atoms with E-state index in [4.69, 9.17) is 0 Å². The van der Waals surface area contributed by atoms with Crippen molar-refractivity contribution < 1.29 is 9.90 Å². The number of carbonyl (C=O) groups excluding carboxylic acids is 1. The molecule has 1 saturated carbocycles. The summed E-state index contributed by atoms with van der Waals surface area (Å²) in [6.07, 6.45) is 10.4. The minimum atomic E-state index is -0.640. The SMILES string of the molecule is CC1(O)CCN(CC(=O)C2CCC(c3cc[nH]c4cnc5nccc5c34)CC2)C1. The lowest BCUT2D eigenvalue weighted by molar-refractivity contribution is -0.125. The highest BCUT2D eigenvalue weighted by Gasteiger charge is 2.34. The second-order valence-corrected chi connectivity index (χ2v) is 9.13. The molecule has 0 spiro atoms. The Morgan fingerprint density at radius 3 is 2.86 bits per heavy atom. The van der Waals surface area contributed by atoms with Crippen molar-refractivity contribution in [2.24, 2.45) is 5.92 Å². The minimum absolute atomic E-state index is 0.153. The molecule has 0 radical (unpaired) electrons. The van der Waals surface area contributed by atoms with Gasteiger partial charge in [-0.3, -0.25) is 9.69 Å². The standard InChI is InChI=1S/C23H28N4O2/c1-23(29)8-11-27(14-23)13-20(28)16-4-2-15(3-5-16)17-6-9-24-19-12-26-22-18(21(17)19)7-10-25-22/h6-7,9-10,12,15-16,24,29H,2-5,8,11,13-14H2,1H3. The van der Waals surface area contributed by atoms with Gasteiger partial charge in [-0.05, 0) is 62.6 Å². The Balaban J connectivity index is 1.30. The molecule has 1 aliphatic heterocycles. The van der Waals surface area contributed by atoms with Crippen LogP contribution in [0, 0.1) is 5.92 Å². The van der Waals surface area contributed by atoms with E-state index < -0.39 is 5.60 Å². The zero-order chi connectivity index (χ0) is 20.0. The maximum absolute atomic E-state index is 12.8. The Labute approximate surface area is 170 Å². The van der Waals surface area contributed by atoms with Gasteiger partial charge in [0.25, 0.3) is 0 Å². The van der Waals surface area contributed by atoms with E-state index in [2.05, 4.69) is 25.9 Å². The number of hydrogen-bond donors (Lipinski definition) is 2. The molecule has 2 N–H and O–H groups in total. The molecular formula is C23H28N4O2. The summed E-state index contributed by atoms with van der Waals surface area (Å²) < 4.78 is 0. The van der Waals surface area contributed by atoms with E-state index >= 15 is 0 Å². The number of fused-ring (bicyclic) bond motifs is 3. The predicted molar refractivity (Wildman–Crippen MR) is 113 cm³/mol. The van der Waals surface area contributed by atoms with E-state index in [-0.39, 0.29) is 5.92 Å². The third-order valence-corrected chi connectivity index (χ3v) is 6.86. The third kappa shape index (κ3) is 3.55. The quantitative estimate of drug-likeness (QED) is 0.711. The number of rotatable bonds is 4. The molecule has 5 rings (SSSR count). The molecule has 1 unspecified atom stereocenters. The number of nitrogens with one attached hydrogen (secondary N) is 1. The molecule has 3 aromatic heterocycles. The average molecular weight is 393 g/mol. The Bertz CT molecular complexity index is 1050. The molecule has 152 valence electrons. The Morgan fingerprint density at radius 1 is 1.28 bits per heavy atom. The maximum Gasteiger partial charge on any atom is 0.159 e. The molecule has 2 aliphatic rings. The van der Waals surface area contributed by atoms with Crippen molar-refractivity contribution in [3.8, 4) is 0 Å². The first kappa shape index (κ1) is 18.7. The monoisotopic (exact) mass is 392 g/mol. The van der Waals surface area contributed by atoms with E-state index in [1.165, 1.54) is 10.9 Å². The zero-order valence-electron chi connectivity index (χ0n) is 16.9. The summed E-state index contributed by atoms with van der Waals surface area (Å²) in [5.74, 6) is 0.962. The number of β-amino-alcohol motifs (C(OH)–C–C–N with tert-alkyl or cyclic N) is 1. The molecule has 4 heterocycles. The van der Waals surface area contributed by atoms with Crippen molar-refractivity contribution in [2.75, 3.05) is 19.6 Å². The number of carbonyl (C=O) groups is 1. The highest BCUT2D eigenvalue weighted by molar-refractivity contribution is 6.05. The van der Waals surface area contributed by atoms with Gasteiger partial charge in [0.05, 0.1) is 23.9 Å². The summed E-state index contributed by atoms with van der Waals surface area (Å²) in [6.45, 7) is 3.77. The van der Waals surface area contributed by atoms with Crippen molar-refractivity contribution in [1.82, 2.24) is 19.9 Å². The Morgan fingerprint density at radius 2 is 2.10 bits per heavy atom. The second kappa shape index (κ2) is 7.18. The molecule has 1 aliphatic carbocycles. The van der Waals surface area contributed by atoms with Crippen molar-refractivity contribution in [3.05, 3.63) is 36.3 Å². The summed E-state index contributed by atoms with van der Waals surface area (Å²) in [4.78, 5) is 27.0. The smallest absolute Gasteiger partial charge is 0.159 e. The third-order valence-electron chi connectivity index (χ3n) is 6.86. The Hall–Kier alpha value is -2.31. The van der Waals surface area contributed by atoms with Gasteiger partial charge in [-0.1, -0.05) is 0 Å². The van der Waals surface area contributed by atoms with Crippen LogP contribution in [0.2, 0.25) is 0 Å². The summed E-state index contributed by atoms with van der Waals surface area (Å²) in [5, 5.41) is 12.5. The molecule has 29 heavy (non-hydrogen) atoms. The van der Waals surface area contributed by atoms with Gasteiger partial charge in [0.1, 0.15) is 5.78 Å². The van der Waals surface area contributed by atoms with Gasteiger partial charge in [0, 0.05) is 42.2 Å². The minimum Gasteiger partial charge on any atom is -0.389 e. The van der Waals surface area contributed by atoms with E-state index in [0.29, 0.717) is 24.8 Å². The largest absolute Gasteiger partial charge is 0.389 e. The fraction of sp³-hybridized carbons (Fsp3) is 0.522. The lowest BCUT2D eigenvalue weighted by Crippen LogP contribution is -2.36. The lowest BCUT2D eigenvalue weighted by Gasteiger charge is -2.30. The molecule has 6 nitrogen and oxygen atoms in total. The number of pyridine rings is 2. The van der Waals surface area contributed by atoms with Crippen molar-refractivity contribution in [3.63, 3.8) is 0 Å². The highest BCUT2D eigenvalue weighted by Crippen LogP contribution is 2.40. The highest BCUT2D eigenvalue weighted by atomic mass is 16.3. The van der Waals surface area contributed by atoms with Crippen LogP contribution in [-0.2, 0) is 4.79 Å². The number of aromatic amines is 1. The molecule has 0 amide bonds. The maximum atomic E-state index is 12.8. The number of likely N-dealkylation sites (tertiary alicyclic amines) is 1. The molecule has 2 fully saturated rings. The average Bonchev–Trinajstić information content (AvgIpc) is 3.33. The number of aromatic nitrogens is 3. The van der Waals surface area contributed by atoms with Gasteiger partial charge >= 0.3 is 0 Å². The molecule has 6 heteroatoms. The van der Waals surface area contributed by atoms with Gasteiger partial charge in [0.2, 0.25) is 0 Å². The lowest BCUT2D eigenvalue weighted by atomic mass is 9.76. The molecule has 0 bridgehead atoms. The van der Waals surface area contributed by atoms with Gasteiger partial charge in [-0.2, -0.15) is 0 Å². The van der Waals surface area contributed by atoms with Crippen LogP contribution >= 0.6 is 0 Å². The van der Waals surface area contributed by atoms with E-state index in [1.807, 2.05) is 31.6 Å². The first-order chi connectivity index (χ1) is 14.0. The molecule has 3 aromatic rings. The number of hydrogen-bond acceptors (Lipinski definition) is 5. The van der Waals surface area contributed by atoms with E-state index in [9.17, 15) is 9.90 Å². The fourth-order valence-electron chi connectivity index (χ4n) is 5.27. The first-order valence-corrected chi connectivity index (χ1v) is 10.7. The van der Waals surface area contributed by atoms with Crippen molar-refractivity contribution in [1.29, 1.82) is 0 Å². The first-order valence-electron chi connectivity index (χ1n) is 10.7. The van der Waals surface area contributed by atoms with Crippen LogP contribution in [0.5, 0.6) is 0 Å². The van der Waals surface area contributed by atoms with Crippen molar-refractivity contribution >= 4 is 27.7 Å². The zero-order valence-corrected chi connectivity index (χ0v) is 16.9. The number of Topliss-reactive ketones (excluding diaryl/α,β-unsaturated/α-hetero) is 1. The van der Waals surface area contributed by atoms with Gasteiger partial charge in [-0.15, -0.1) is 0 Å². The van der Waals surface area contributed by atoms with E-state index in [0.717, 1.165) is 55.2 Å². The van der Waals surface area contributed by atoms with Crippen LogP contribution in [0.15, 0.2) is 30.7 Å².